The van der Waals surface area contributed by atoms with Gasteiger partial charge in [0.25, 0.3) is 0 Å². The van der Waals surface area contributed by atoms with Crippen molar-refractivity contribution in [3.63, 3.8) is 0 Å². The first kappa shape index (κ1) is 13.3. The molecule has 0 atom stereocenters. The molecule has 0 aromatic heterocycles. The average Bonchev–Trinajstić information content (AvgIpc) is 2.42. The van der Waals surface area contributed by atoms with E-state index >= 15 is 0 Å². The number of rotatable bonds is 4. The number of ketones is 1. The molecule has 0 bridgehead atoms. The van der Waals surface area contributed by atoms with Crippen LogP contribution in [-0.2, 0) is 6.42 Å². The lowest BCUT2D eigenvalue weighted by Crippen LogP contribution is -2.04. The Kier molecular flexibility index (Phi) is 4.00. The van der Waals surface area contributed by atoms with Crippen LogP contribution in [0.5, 0.6) is 5.75 Å². The van der Waals surface area contributed by atoms with Gasteiger partial charge in [-0.3, -0.25) is 4.79 Å². The molecule has 0 amide bonds. The van der Waals surface area contributed by atoms with Gasteiger partial charge in [-0.15, -0.1) is 0 Å². The van der Waals surface area contributed by atoms with E-state index in [9.17, 15) is 4.79 Å². The smallest absolute Gasteiger partial charge is 0.167 e. The van der Waals surface area contributed by atoms with E-state index in [0.717, 1.165) is 22.4 Å². The topological polar surface area (TPSA) is 26.3 Å². The lowest BCUT2D eigenvalue weighted by Gasteiger charge is -2.06. The summed E-state index contributed by atoms with van der Waals surface area (Å²) in [6.45, 7) is 4.08. The number of hydrogen-bond acceptors (Lipinski definition) is 2. The second-order valence-corrected chi connectivity index (χ2v) is 4.75. The summed E-state index contributed by atoms with van der Waals surface area (Å²) >= 11 is 0. The predicted molar refractivity (Wildman–Crippen MR) is 76.9 cm³/mol. The van der Waals surface area contributed by atoms with Gasteiger partial charge in [-0.25, -0.2) is 0 Å². The predicted octanol–water partition coefficient (Wildman–Crippen LogP) is 3.74. The number of carbonyl (C=O) groups is 1. The molecule has 0 aliphatic carbocycles. The molecule has 2 heteroatoms. The Morgan fingerprint density at radius 1 is 1.00 bits per heavy atom. The van der Waals surface area contributed by atoms with Crippen molar-refractivity contribution in [2.45, 2.75) is 20.3 Å². The van der Waals surface area contributed by atoms with Gasteiger partial charge < -0.3 is 4.74 Å². The fourth-order valence-corrected chi connectivity index (χ4v) is 1.95. The van der Waals surface area contributed by atoms with Gasteiger partial charge in [-0.05, 0) is 48.7 Å². The number of hydrogen-bond donors (Lipinski definition) is 0. The van der Waals surface area contributed by atoms with Crippen molar-refractivity contribution in [1.82, 2.24) is 0 Å². The van der Waals surface area contributed by atoms with Gasteiger partial charge in [0.1, 0.15) is 5.75 Å². The Labute approximate surface area is 114 Å². The molecule has 0 fully saturated rings. The van der Waals surface area contributed by atoms with Crippen molar-refractivity contribution in [3.8, 4) is 5.75 Å². The summed E-state index contributed by atoms with van der Waals surface area (Å²) in [7, 11) is 1.63. The molecule has 0 spiro atoms. The fourth-order valence-electron chi connectivity index (χ4n) is 1.95. The molecule has 0 N–H and O–H groups in total. The van der Waals surface area contributed by atoms with Crippen molar-refractivity contribution in [2.75, 3.05) is 7.11 Å². The van der Waals surface area contributed by atoms with Crippen LogP contribution in [0.3, 0.4) is 0 Å². The molecular formula is C17H18O2. The van der Waals surface area contributed by atoms with Crippen molar-refractivity contribution in [3.05, 3.63) is 64.7 Å². The third-order valence-corrected chi connectivity index (χ3v) is 3.35. The summed E-state index contributed by atoms with van der Waals surface area (Å²) in [5.74, 6) is 0.954. The molecule has 2 aromatic rings. The van der Waals surface area contributed by atoms with E-state index in [2.05, 4.69) is 0 Å². The first-order chi connectivity index (χ1) is 9.10. The highest BCUT2D eigenvalue weighted by Gasteiger charge is 2.08. The summed E-state index contributed by atoms with van der Waals surface area (Å²) in [5, 5.41) is 0. The van der Waals surface area contributed by atoms with Crippen molar-refractivity contribution >= 4 is 5.78 Å². The van der Waals surface area contributed by atoms with Crippen LogP contribution in [-0.4, -0.2) is 12.9 Å². The average molecular weight is 254 g/mol. The molecule has 0 heterocycles. The minimum atomic E-state index is 0.147. The first-order valence-corrected chi connectivity index (χ1v) is 6.33. The second-order valence-electron chi connectivity index (χ2n) is 4.75. The van der Waals surface area contributed by atoms with Crippen LogP contribution in [0.25, 0.3) is 0 Å². The van der Waals surface area contributed by atoms with Gasteiger partial charge in [0.2, 0.25) is 0 Å². The monoisotopic (exact) mass is 254 g/mol. The number of methoxy groups -OCH3 is 1. The molecular weight excluding hydrogens is 236 g/mol. The van der Waals surface area contributed by atoms with Gasteiger partial charge in [0.05, 0.1) is 7.11 Å². The molecule has 0 saturated carbocycles. The zero-order valence-corrected chi connectivity index (χ0v) is 11.6. The standard InChI is InChI=1S/C17H18O2/c1-12-4-7-15(10-13(12)2)17(18)11-14-5-8-16(19-3)9-6-14/h4-10H,11H2,1-3H3. The van der Waals surface area contributed by atoms with Crippen LogP contribution in [0.1, 0.15) is 27.0 Å². The number of carbonyl (C=O) groups excluding carboxylic acids is 1. The molecule has 0 aliphatic rings. The quantitative estimate of drug-likeness (QED) is 0.777. The van der Waals surface area contributed by atoms with Crippen LogP contribution < -0.4 is 4.74 Å². The van der Waals surface area contributed by atoms with Gasteiger partial charge in [0.15, 0.2) is 5.78 Å². The SMILES string of the molecule is COc1ccc(CC(=O)c2ccc(C)c(C)c2)cc1. The molecule has 2 aromatic carbocycles. The van der Waals surface area contributed by atoms with E-state index in [1.807, 2.05) is 56.3 Å². The molecule has 19 heavy (non-hydrogen) atoms. The van der Waals surface area contributed by atoms with E-state index in [0.29, 0.717) is 6.42 Å². The fraction of sp³-hybridized carbons (Fsp3) is 0.235. The molecule has 2 rings (SSSR count). The normalized spacial score (nSPS) is 10.3. The van der Waals surface area contributed by atoms with Gasteiger partial charge in [-0.1, -0.05) is 24.3 Å². The van der Waals surface area contributed by atoms with E-state index < -0.39 is 0 Å². The zero-order chi connectivity index (χ0) is 13.8. The lowest BCUT2D eigenvalue weighted by atomic mass is 9.99. The minimum Gasteiger partial charge on any atom is -0.497 e. The Morgan fingerprint density at radius 3 is 2.26 bits per heavy atom. The third-order valence-electron chi connectivity index (χ3n) is 3.35. The van der Waals surface area contributed by atoms with E-state index in [1.54, 1.807) is 7.11 Å². The molecule has 0 aliphatic heterocycles. The molecule has 2 nitrogen and oxygen atoms in total. The van der Waals surface area contributed by atoms with Gasteiger partial charge in [-0.2, -0.15) is 0 Å². The maximum absolute atomic E-state index is 12.2. The summed E-state index contributed by atoms with van der Waals surface area (Å²) in [6.07, 6.45) is 0.423. The highest BCUT2D eigenvalue weighted by Crippen LogP contribution is 2.15. The Hall–Kier alpha value is -2.09. The minimum absolute atomic E-state index is 0.147. The summed E-state index contributed by atoms with van der Waals surface area (Å²) < 4.78 is 5.10. The zero-order valence-electron chi connectivity index (χ0n) is 11.6. The Balaban J connectivity index is 2.13. The number of aryl methyl sites for hydroxylation is 2. The number of benzene rings is 2. The maximum atomic E-state index is 12.2. The van der Waals surface area contributed by atoms with Crippen LogP contribution in [0, 0.1) is 13.8 Å². The third kappa shape index (κ3) is 3.22. The second kappa shape index (κ2) is 5.70. The molecule has 0 unspecified atom stereocenters. The van der Waals surface area contributed by atoms with Crippen LogP contribution in [0.15, 0.2) is 42.5 Å². The van der Waals surface area contributed by atoms with E-state index in [-0.39, 0.29) is 5.78 Å². The summed E-state index contributed by atoms with van der Waals surface area (Å²) in [6, 6.07) is 13.5. The Morgan fingerprint density at radius 2 is 1.68 bits per heavy atom. The molecule has 98 valence electrons. The Bertz CT molecular complexity index is 583. The first-order valence-electron chi connectivity index (χ1n) is 6.33. The van der Waals surface area contributed by atoms with Crippen molar-refractivity contribution < 1.29 is 9.53 Å². The highest BCUT2D eigenvalue weighted by molar-refractivity contribution is 5.97. The molecule has 0 saturated heterocycles. The summed E-state index contributed by atoms with van der Waals surface area (Å²) in [5.41, 5.74) is 4.14. The van der Waals surface area contributed by atoms with Crippen LogP contribution in [0.4, 0.5) is 0 Å². The van der Waals surface area contributed by atoms with Crippen LogP contribution in [0.2, 0.25) is 0 Å². The number of Topliss-reactive ketones (excluding diaryl/α,β-unsaturated/α-hetero) is 1. The lowest BCUT2D eigenvalue weighted by molar-refractivity contribution is 0.0993. The number of ether oxygens (including phenoxy) is 1. The van der Waals surface area contributed by atoms with Crippen molar-refractivity contribution in [1.29, 1.82) is 0 Å². The highest BCUT2D eigenvalue weighted by atomic mass is 16.5. The summed E-state index contributed by atoms with van der Waals surface area (Å²) in [4.78, 5) is 12.2. The van der Waals surface area contributed by atoms with E-state index in [4.69, 9.17) is 4.74 Å². The van der Waals surface area contributed by atoms with Crippen LogP contribution >= 0.6 is 0 Å². The van der Waals surface area contributed by atoms with Gasteiger partial charge in [0, 0.05) is 12.0 Å². The van der Waals surface area contributed by atoms with Gasteiger partial charge >= 0.3 is 0 Å². The maximum Gasteiger partial charge on any atom is 0.167 e. The largest absolute Gasteiger partial charge is 0.497 e. The molecule has 0 radical (unpaired) electrons. The van der Waals surface area contributed by atoms with Crippen molar-refractivity contribution in [2.24, 2.45) is 0 Å². The van der Waals surface area contributed by atoms with E-state index in [1.165, 1.54) is 5.56 Å².